The van der Waals surface area contributed by atoms with Gasteiger partial charge in [0, 0.05) is 26.2 Å². The predicted octanol–water partition coefficient (Wildman–Crippen LogP) is 1.33. The van der Waals surface area contributed by atoms with Crippen LogP contribution in [0.25, 0.3) is 0 Å². The average molecular weight is 270 g/mol. The van der Waals surface area contributed by atoms with Crippen LogP contribution in [-0.4, -0.2) is 72.5 Å². The molecule has 0 aromatic heterocycles. The monoisotopic (exact) mass is 270 g/mol. The summed E-state index contributed by atoms with van der Waals surface area (Å²) in [6.07, 6.45) is 5.36. The molecule has 2 fully saturated rings. The van der Waals surface area contributed by atoms with Gasteiger partial charge in [0.2, 0.25) is 0 Å². The van der Waals surface area contributed by atoms with E-state index in [-0.39, 0.29) is 0 Å². The Morgan fingerprint density at radius 2 is 1.68 bits per heavy atom. The van der Waals surface area contributed by atoms with Crippen molar-refractivity contribution in [3.63, 3.8) is 0 Å². The SMILES string of the molecule is CC(C)(O)CN1CCC(OCCN2CCCC2)CC1. The van der Waals surface area contributed by atoms with Gasteiger partial charge in [-0.25, -0.2) is 0 Å². The van der Waals surface area contributed by atoms with Gasteiger partial charge in [0.05, 0.1) is 18.3 Å². The summed E-state index contributed by atoms with van der Waals surface area (Å²) in [5.41, 5.74) is -0.580. The number of nitrogens with zero attached hydrogens (tertiary/aromatic N) is 2. The maximum atomic E-state index is 9.82. The molecule has 4 heteroatoms. The van der Waals surface area contributed by atoms with Gasteiger partial charge in [0.25, 0.3) is 0 Å². The van der Waals surface area contributed by atoms with Crippen LogP contribution < -0.4 is 0 Å². The zero-order valence-corrected chi connectivity index (χ0v) is 12.6. The summed E-state index contributed by atoms with van der Waals surface area (Å²) in [6, 6.07) is 0. The fourth-order valence-corrected chi connectivity index (χ4v) is 3.14. The average Bonchev–Trinajstić information content (AvgIpc) is 2.82. The van der Waals surface area contributed by atoms with Crippen molar-refractivity contribution in [3.8, 4) is 0 Å². The molecule has 2 saturated heterocycles. The molecule has 2 heterocycles. The van der Waals surface area contributed by atoms with Gasteiger partial charge in [-0.3, -0.25) is 0 Å². The maximum absolute atomic E-state index is 9.82. The van der Waals surface area contributed by atoms with Crippen LogP contribution in [0, 0.1) is 0 Å². The Balaban J connectivity index is 1.55. The largest absolute Gasteiger partial charge is 0.389 e. The van der Waals surface area contributed by atoms with Gasteiger partial charge in [-0.15, -0.1) is 0 Å². The zero-order valence-electron chi connectivity index (χ0n) is 12.6. The molecule has 1 N–H and O–H groups in total. The molecule has 2 aliphatic rings. The summed E-state index contributed by atoms with van der Waals surface area (Å²) in [5.74, 6) is 0. The highest BCUT2D eigenvalue weighted by atomic mass is 16.5. The normalized spacial score (nSPS) is 24.2. The minimum Gasteiger partial charge on any atom is -0.389 e. The molecule has 0 amide bonds. The number of ether oxygens (including phenoxy) is 1. The summed E-state index contributed by atoms with van der Waals surface area (Å²) in [7, 11) is 0. The molecule has 0 spiro atoms. The molecule has 0 bridgehead atoms. The highest BCUT2D eigenvalue weighted by molar-refractivity contribution is 4.78. The lowest BCUT2D eigenvalue weighted by Gasteiger charge is -2.35. The molecule has 0 radical (unpaired) electrons. The van der Waals surface area contributed by atoms with Crippen LogP contribution in [0.3, 0.4) is 0 Å². The van der Waals surface area contributed by atoms with Gasteiger partial charge in [-0.2, -0.15) is 0 Å². The Morgan fingerprint density at radius 3 is 2.26 bits per heavy atom. The van der Waals surface area contributed by atoms with Crippen molar-refractivity contribution >= 4 is 0 Å². The van der Waals surface area contributed by atoms with Gasteiger partial charge in [-0.05, 0) is 52.6 Å². The molecule has 0 aromatic rings. The Hall–Kier alpha value is -0.160. The van der Waals surface area contributed by atoms with Gasteiger partial charge in [0.15, 0.2) is 0 Å². The van der Waals surface area contributed by atoms with Crippen molar-refractivity contribution in [1.82, 2.24) is 9.80 Å². The van der Waals surface area contributed by atoms with E-state index in [1.807, 2.05) is 13.8 Å². The third-order valence-corrected chi connectivity index (χ3v) is 4.10. The molecule has 19 heavy (non-hydrogen) atoms. The summed E-state index contributed by atoms with van der Waals surface area (Å²) >= 11 is 0. The third-order valence-electron chi connectivity index (χ3n) is 4.10. The molecule has 0 aliphatic carbocycles. The molecular weight excluding hydrogens is 240 g/mol. The number of likely N-dealkylation sites (tertiary alicyclic amines) is 2. The van der Waals surface area contributed by atoms with Crippen molar-refractivity contribution in [3.05, 3.63) is 0 Å². The van der Waals surface area contributed by atoms with Crippen molar-refractivity contribution in [2.45, 2.75) is 51.2 Å². The smallest absolute Gasteiger partial charge is 0.0718 e. The van der Waals surface area contributed by atoms with Crippen LogP contribution in [0.2, 0.25) is 0 Å². The zero-order chi connectivity index (χ0) is 13.7. The van der Waals surface area contributed by atoms with E-state index < -0.39 is 5.60 Å². The highest BCUT2D eigenvalue weighted by Gasteiger charge is 2.24. The molecule has 2 rings (SSSR count). The second-order valence-electron chi connectivity index (χ2n) is 6.71. The van der Waals surface area contributed by atoms with E-state index >= 15 is 0 Å². The van der Waals surface area contributed by atoms with Crippen molar-refractivity contribution in [2.24, 2.45) is 0 Å². The van der Waals surface area contributed by atoms with Crippen LogP contribution in [0.1, 0.15) is 39.5 Å². The van der Waals surface area contributed by atoms with Crippen LogP contribution in [0.15, 0.2) is 0 Å². The van der Waals surface area contributed by atoms with E-state index in [0.717, 1.165) is 45.6 Å². The van der Waals surface area contributed by atoms with Gasteiger partial charge in [0.1, 0.15) is 0 Å². The number of piperidine rings is 1. The van der Waals surface area contributed by atoms with Crippen molar-refractivity contribution in [1.29, 1.82) is 0 Å². The summed E-state index contributed by atoms with van der Waals surface area (Å²) in [5, 5.41) is 9.82. The van der Waals surface area contributed by atoms with Crippen LogP contribution in [0.5, 0.6) is 0 Å². The second-order valence-corrected chi connectivity index (χ2v) is 6.71. The van der Waals surface area contributed by atoms with E-state index in [2.05, 4.69) is 9.80 Å². The number of aliphatic hydroxyl groups is 1. The Bertz CT molecular complexity index is 251. The van der Waals surface area contributed by atoms with Crippen LogP contribution in [0.4, 0.5) is 0 Å². The van der Waals surface area contributed by atoms with Gasteiger partial charge < -0.3 is 19.6 Å². The molecule has 4 nitrogen and oxygen atoms in total. The Morgan fingerprint density at radius 1 is 1.05 bits per heavy atom. The van der Waals surface area contributed by atoms with Crippen LogP contribution in [-0.2, 0) is 4.74 Å². The van der Waals surface area contributed by atoms with Crippen LogP contribution >= 0.6 is 0 Å². The molecule has 2 aliphatic heterocycles. The first kappa shape index (κ1) is 15.2. The highest BCUT2D eigenvalue weighted by Crippen LogP contribution is 2.16. The van der Waals surface area contributed by atoms with Crippen molar-refractivity contribution < 1.29 is 9.84 Å². The quantitative estimate of drug-likeness (QED) is 0.790. The number of hydrogen-bond donors (Lipinski definition) is 1. The van der Waals surface area contributed by atoms with E-state index in [1.54, 1.807) is 0 Å². The van der Waals surface area contributed by atoms with E-state index in [9.17, 15) is 5.11 Å². The lowest BCUT2D eigenvalue weighted by molar-refractivity contribution is -0.0219. The second kappa shape index (κ2) is 7.02. The molecule has 0 saturated carbocycles. The first-order chi connectivity index (χ1) is 9.03. The lowest BCUT2D eigenvalue weighted by Crippen LogP contribution is -2.44. The molecule has 0 aromatic carbocycles. The number of hydrogen-bond acceptors (Lipinski definition) is 4. The fraction of sp³-hybridized carbons (Fsp3) is 1.00. The topological polar surface area (TPSA) is 35.9 Å². The van der Waals surface area contributed by atoms with Gasteiger partial charge >= 0.3 is 0 Å². The summed E-state index contributed by atoms with van der Waals surface area (Å²) in [6.45, 7) is 11.1. The van der Waals surface area contributed by atoms with E-state index in [1.165, 1.54) is 25.9 Å². The maximum Gasteiger partial charge on any atom is 0.0718 e. The Labute approximate surface area is 117 Å². The van der Waals surface area contributed by atoms with E-state index in [4.69, 9.17) is 4.74 Å². The predicted molar refractivity (Wildman–Crippen MR) is 77.4 cm³/mol. The number of β-amino-alcohol motifs (C(OH)–C–C–N with tert-alkyl or cyclic N) is 1. The fourth-order valence-electron chi connectivity index (χ4n) is 3.14. The standard InChI is InChI=1S/C15H30N2O2/c1-15(2,18)13-17-9-5-14(6-10-17)19-12-11-16-7-3-4-8-16/h14,18H,3-13H2,1-2H3. The minimum atomic E-state index is -0.580. The summed E-state index contributed by atoms with van der Waals surface area (Å²) in [4.78, 5) is 4.85. The first-order valence-corrected chi connectivity index (χ1v) is 7.82. The van der Waals surface area contributed by atoms with Gasteiger partial charge in [-0.1, -0.05) is 0 Å². The molecular formula is C15H30N2O2. The first-order valence-electron chi connectivity index (χ1n) is 7.82. The number of rotatable bonds is 6. The third kappa shape index (κ3) is 5.78. The lowest BCUT2D eigenvalue weighted by atomic mass is 10.0. The molecule has 112 valence electrons. The van der Waals surface area contributed by atoms with E-state index in [0.29, 0.717) is 6.10 Å². The summed E-state index contributed by atoms with van der Waals surface area (Å²) < 4.78 is 5.99. The van der Waals surface area contributed by atoms with Crippen molar-refractivity contribution in [2.75, 3.05) is 45.9 Å². The molecule has 0 atom stereocenters. The minimum absolute atomic E-state index is 0.431. The molecule has 0 unspecified atom stereocenters. The Kier molecular flexibility index (Phi) is 5.63.